The van der Waals surface area contributed by atoms with Crippen LogP contribution in [0.1, 0.15) is 77.8 Å². The highest BCUT2D eigenvalue weighted by molar-refractivity contribution is 5.87. The van der Waals surface area contributed by atoms with Crippen LogP contribution in [0.15, 0.2) is 30.3 Å². The summed E-state index contributed by atoms with van der Waals surface area (Å²) < 4.78 is 18.8. The van der Waals surface area contributed by atoms with Gasteiger partial charge in [0.2, 0.25) is 0 Å². The fourth-order valence-corrected chi connectivity index (χ4v) is 6.76. The van der Waals surface area contributed by atoms with Gasteiger partial charge in [-0.05, 0) is 60.6 Å². The highest BCUT2D eigenvalue weighted by Gasteiger charge is 2.72. The van der Waals surface area contributed by atoms with E-state index in [1.807, 2.05) is 19.1 Å². The van der Waals surface area contributed by atoms with Crippen LogP contribution in [0.3, 0.4) is 0 Å². The number of benzene rings is 1. The van der Waals surface area contributed by atoms with Gasteiger partial charge in [0.05, 0.1) is 0 Å². The lowest BCUT2D eigenvalue weighted by Crippen LogP contribution is -2.62. The molecule has 0 amide bonds. The Morgan fingerprint density at radius 1 is 1.14 bits per heavy atom. The molecule has 2 saturated heterocycles. The lowest BCUT2D eigenvalue weighted by Gasteiger charge is -2.52. The number of rotatable bonds is 7. The predicted octanol–water partition coefficient (Wildman–Crippen LogP) is 4.89. The number of hydrogen-bond acceptors (Lipinski definition) is 6. The average molecular weight is 485 g/mol. The molecule has 6 heteroatoms. The first-order chi connectivity index (χ1) is 16.5. The molecular formula is C29H40O6. The lowest BCUT2D eigenvalue weighted by atomic mass is 9.69. The van der Waals surface area contributed by atoms with E-state index in [0.717, 1.165) is 18.4 Å². The summed E-state index contributed by atoms with van der Waals surface area (Å²) in [6.45, 7) is 12.0. The molecule has 3 aliphatic rings. The molecule has 192 valence electrons. The van der Waals surface area contributed by atoms with Crippen molar-refractivity contribution in [1.82, 2.24) is 0 Å². The monoisotopic (exact) mass is 484 g/mol. The second kappa shape index (κ2) is 9.70. The van der Waals surface area contributed by atoms with Crippen LogP contribution in [0, 0.1) is 23.7 Å². The van der Waals surface area contributed by atoms with Gasteiger partial charge in [0.25, 0.3) is 0 Å². The third kappa shape index (κ3) is 4.55. The molecule has 1 aliphatic carbocycles. The molecule has 0 aromatic heterocycles. The Morgan fingerprint density at radius 3 is 2.43 bits per heavy atom. The molecule has 1 saturated carbocycles. The number of aliphatic hydroxyl groups excluding tert-OH is 1. The molecule has 2 aliphatic heterocycles. The number of ether oxygens (including phenoxy) is 3. The van der Waals surface area contributed by atoms with E-state index in [2.05, 4.69) is 46.8 Å². The van der Waals surface area contributed by atoms with Crippen LogP contribution in [0.5, 0.6) is 0 Å². The van der Waals surface area contributed by atoms with Gasteiger partial charge in [-0.2, -0.15) is 0 Å². The molecule has 3 fully saturated rings. The summed E-state index contributed by atoms with van der Waals surface area (Å²) in [5.74, 6) is 0.0521. The number of fused-ring (bicyclic) bond motifs is 4. The first kappa shape index (κ1) is 25.9. The molecule has 2 bridgehead atoms. The zero-order valence-electron chi connectivity index (χ0n) is 21.8. The van der Waals surface area contributed by atoms with E-state index >= 15 is 0 Å². The fraction of sp³-hybridized carbons (Fsp3) is 0.655. The molecule has 7 atom stereocenters. The van der Waals surface area contributed by atoms with Gasteiger partial charge < -0.3 is 19.3 Å². The van der Waals surface area contributed by atoms with E-state index in [0.29, 0.717) is 18.3 Å². The van der Waals surface area contributed by atoms with E-state index in [4.69, 9.17) is 14.2 Å². The van der Waals surface area contributed by atoms with E-state index in [9.17, 15) is 14.7 Å². The summed E-state index contributed by atoms with van der Waals surface area (Å²) in [7, 11) is 0. The van der Waals surface area contributed by atoms with Crippen LogP contribution in [-0.4, -0.2) is 47.1 Å². The summed E-state index contributed by atoms with van der Waals surface area (Å²) in [5.41, 5.74) is 0.782. The standard InChI is InChI=1S/C29H40O6/c1-17(2)21-11-8-20(9-12-21)10-14-24(31)34-27-26-19(5)7-13-22(26)28(6)23(33-25(32)16-30)15-29(27,35-28)18(3)4/h8-12,14,17-19,22-23,26-27,30H,7,13,15-16H2,1-6H3/t19-,22-,23-,26-,27+,28+,29?/m1/s1. The predicted molar refractivity (Wildman–Crippen MR) is 133 cm³/mol. The first-order valence-electron chi connectivity index (χ1n) is 13.0. The van der Waals surface area contributed by atoms with Crippen LogP contribution in [0.4, 0.5) is 0 Å². The second-order valence-electron chi connectivity index (χ2n) is 11.5. The Bertz CT molecular complexity index is 966. The van der Waals surface area contributed by atoms with Gasteiger partial charge in [-0.25, -0.2) is 9.59 Å². The first-order valence-corrected chi connectivity index (χ1v) is 13.0. The lowest BCUT2D eigenvalue weighted by molar-refractivity contribution is -0.264. The molecule has 1 aromatic rings. The molecule has 1 unspecified atom stereocenters. The Labute approximate surface area is 209 Å². The number of esters is 2. The van der Waals surface area contributed by atoms with Gasteiger partial charge in [0.15, 0.2) is 0 Å². The molecule has 1 aromatic carbocycles. The van der Waals surface area contributed by atoms with Crippen molar-refractivity contribution in [2.24, 2.45) is 23.7 Å². The molecule has 2 heterocycles. The molecule has 1 N–H and O–H groups in total. The summed E-state index contributed by atoms with van der Waals surface area (Å²) in [6.07, 6.45) is 4.75. The van der Waals surface area contributed by atoms with Crippen molar-refractivity contribution >= 4 is 18.0 Å². The average Bonchev–Trinajstić information content (AvgIpc) is 3.33. The maximum Gasteiger partial charge on any atom is 0.332 e. The number of carbonyl (C=O) groups is 2. The fourth-order valence-electron chi connectivity index (χ4n) is 6.76. The van der Waals surface area contributed by atoms with Crippen molar-refractivity contribution < 1.29 is 28.9 Å². The van der Waals surface area contributed by atoms with Crippen LogP contribution < -0.4 is 0 Å². The molecule has 0 radical (unpaired) electrons. The summed E-state index contributed by atoms with van der Waals surface area (Å²) >= 11 is 0. The quantitative estimate of drug-likeness (QED) is 0.438. The van der Waals surface area contributed by atoms with Gasteiger partial charge in [-0.1, -0.05) is 58.9 Å². The highest BCUT2D eigenvalue weighted by Crippen LogP contribution is 2.63. The summed E-state index contributed by atoms with van der Waals surface area (Å²) in [5, 5.41) is 9.30. The summed E-state index contributed by atoms with van der Waals surface area (Å²) in [4.78, 5) is 25.1. The maximum absolute atomic E-state index is 13.1. The van der Waals surface area contributed by atoms with Gasteiger partial charge in [-0.3, -0.25) is 0 Å². The van der Waals surface area contributed by atoms with Crippen molar-refractivity contribution in [3.63, 3.8) is 0 Å². The topological polar surface area (TPSA) is 82.1 Å². The minimum absolute atomic E-state index is 0.0405. The zero-order chi connectivity index (χ0) is 25.5. The van der Waals surface area contributed by atoms with Crippen molar-refractivity contribution in [3.05, 3.63) is 41.5 Å². The van der Waals surface area contributed by atoms with Gasteiger partial charge in [-0.15, -0.1) is 0 Å². The SMILES string of the molecule is CC(C)c1ccc(C=CC(=O)O[C@H]2[C@@H]3[C@H](C)CC[C@H]3[C@]3(C)OC2(C(C)C)C[C@H]3OC(=O)CO)cc1. The number of hydrogen-bond donors (Lipinski definition) is 1. The second-order valence-corrected chi connectivity index (χ2v) is 11.5. The zero-order valence-corrected chi connectivity index (χ0v) is 21.8. The molecule has 0 spiro atoms. The van der Waals surface area contributed by atoms with Crippen LogP contribution in [0.25, 0.3) is 6.08 Å². The Morgan fingerprint density at radius 2 is 1.83 bits per heavy atom. The minimum Gasteiger partial charge on any atom is -0.457 e. The summed E-state index contributed by atoms with van der Waals surface area (Å²) in [6, 6.07) is 8.18. The maximum atomic E-state index is 13.1. The van der Waals surface area contributed by atoms with Gasteiger partial charge >= 0.3 is 11.9 Å². The van der Waals surface area contributed by atoms with E-state index in [1.54, 1.807) is 6.08 Å². The van der Waals surface area contributed by atoms with Gasteiger partial charge in [0, 0.05) is 18.4 Å². The normalized spacial score (nSPS) is 36.1. The van der Waals surface area contributed by atoms with E-state index in [-0.39, 0.29) is 23.7 Å². The Hall–Kier alpha value is -2.18. The highest BCUT2D eigenvalue weighted by atomic mass is 16.6. The largest absolute Gasteiger partial charge is 0.457 e. The third-order valence-electron chi connectivity index (χ3n) is 8.81. The van der Waals surface area contributed by atoms with Crippen LogP contribution in [-0.2, 0) is 23.8 Å². The molecular weight excluding hydrogens is 444 g/mol. The van der Waals surface area contributed by atoms with Gasteiger partial charge in [0.1, 0.15) is 30.0 Å². The third-order valence-corrected chi connectivity index (χ3v) is 8.81. The van der Waals surface area contributed by atoms with Crippen LogP contribution in [0.2, 0.25) is 0 Å². The minimum atomic E-state index is -0.753. The number of aliphatic hydroxyl groups is 1. The van der Waals surface area contributed by atoms with E-state index in [1.165, 1.54) is 11.6 Å². The molecule has 35 heavy (non-hydrogen) atoms. The van der Waals surface area contributed by atoms with E-state index < -0.39 is 36.0 Å². The Kier molecular flexibility index (Phi) is 7.18. The Balaban J connectivity index is 1.60. The van der Waals surface area contributed by atoms with Crippen molar-refractivity contribution in [2.75, 3.05) is 6.61 Å². The van der Waals surface area contributed by atoms with Crippen molar-refractivity contribution in [3.8, 4) is 0 Å². The molecule has 6 nitrogen and oxygen atoms in total. The molecule has 4 rings (SSSR count). The van der Waals surface area contributed by atoms with Crippen molar-refractivity contribution in [2.45, 2.75) is 90.1 Å². The number of carbonyl (C=O) groups excluding carboxylic acids is 2. The van der Waals surface area contributed by atoms with Crippen LogP contribution >= 0.6 is 0 Å². The smallest absolute Gasteiger partial charge is 0.332 e. The van der Waals surface area contributed by atoms with Crippen molar-refractivity contribution in [1.29, 1.82) is 0 Å².